The van der Waals surface area contributed by atoms with E-state index in [1.54, 1.807) is 0 Å². The Morgan fingerprint density at radius 3 is 2.00 bits per heavy atom. The van der Waals surface area contributed by atoms with Gasteiger partial charge in [-0.3, -0.25) is 4.57 Å². The van der Waals surface area contributed by atoms with E-state index in [4.69, 9.17) is 4.99 Å². The molecule has 1 aliphatic heterocycles. The number of fused-ring (bicyclic) bond motifs is 7. The second-order valence-electron chi connectivity index (χ2n) is 11.2. The van der Waals surface area contributed by atoms with E-state index in [0.29, 0.717) is 0 Å². The lowest BCUT2D eigenvalue weighted by Crippen LogP contribution is -2.08. The van der Waals surface area contributed by atoms with Crippen LogP contribution in [-0.4, -0.2) is 14.8 Å². The van der Waals surface area contributed by atoms with Crippen molar-refractivity contribution in [3.8, 4) is 11.4 Å². The second-order valence-corrected chi connectivity index (χ2v) is 11.2. The molecule has 0 saturated carbocycles. The van der Waals surface area contributed by atoms with Gasteiger partial charge in [-0.05, 0) is 71.6 Å². The van der Waals surface area contributed by atoms with Crippen LogP contribution in [0.25, 0.3) is 54.9 Å². The first-order valence-corrected chi connectivity index (χ1v) is 14.6. The first-order valence-electron chi connectivity index (χ1n) is 14.6. The predicted octanol–water partition coefficient (Wildman–Crippen LogP) is 9.95. The zero-order chi connectivity index (χ0) is 27.6. The zero-order valence-electron chi connectivity index (χ0n) is 23.0. The number of nitrogens with zero attached hydrogens (tertiary/aromatic N) is 3. The molecule has 0 bridgehead atoms. The van der Waals surface area contributed by atoms with Crippen molar-refractivity contribution in [1.82, 2.24) is 9.13 Å². The summed E-state index contributed by atoms with van der Waals surface area (Å²) in [6, 6.07) is 50.3. The van der Waals surface area contributed by atoms with Crippen molar-refractivity contribution in [1.29, 1.82) is 0 Å². The predicted molar refractivity (Wildman–Crippen MR) is 176 cm³/mol. The van der Waals surface area contributed by atoms with Gasteiger partial charge in [0.15, 0.2) is 0 Å². The lowest BCUT2D eigenvalue weighted by molar-refractivity contribution is 0.983. The van der Waals surface area contributed by atoms with Crippen molar-refractivity contribution in [2.24, 2.45) is 4.99 Å². The molecule has 8 aromatic rings. The Bertz CT molecular complexity index is 2350. The molecule has 0 amide bonds. The van der Waals surface area contributed by atoms with Gasteiger partial charge < -0.3 is 4.57 Å². The molecule has 0 N–H and O–H groups in total. The van der Waals surface area contributed by atoms with E-state index in [-0.39, 0.29) is 0 Å². The number of aryl methyl sites for hydroxylation is 1. The number of para-hydroxylation sites is 3. The Balaban J connectivity index is 1.27. The number of hydrogen-bond donors (Lipinski definition) is 0. The Labute approximate surface area is 243 Å². The van der Waals surface area contributed by atoms with Gasteiger partial charge >= 0.3 is 0 Å². The van der Waals surface area contributed by atoms with Crippen LogP contribution in [0.4, 0.5) is 5.82 Å². The van der Waals surface area contributed by atoms with Gasteiger partial charge in [-0.25, -0.2) is 4.99 Å². The largest absolute Gasteiger partial charge is 0.309 e. The molecule has 9 rings (SSSR count). The first kappa shape index (κ1) is 23.3. The average Bonchev–Trinajstić information content (AvgIpc) is 3.57. The SMILES string of the molecule is c1ccc(-n2c3c(c4ccccc42)CCC(c2ccc4c5ccccc5n(-c5ccc6ccccc6c5)c4c2)=N3)cc1. The third-order valence-electron chi connectivity index (χ3n) is 8.82. The van der Waals surface area contributed by atoms with Crippen LogP contribution in [0.3, 0.4) is 0 Å². The van der Waals surface area contributed by atoms with Crippen LogP contribution >= 0.6 is 0 Å². The number of hydrogen-bond acceptors (Lipinski definition) is 1. The Morgan fingerprint density at radius 2 is 1.14 bits per heavy atom. The molecule has 0 spiro atoms. The summed E-state index contributed by atoms with van der Waals surface area (Å²) < 4.78 is 4.74. The van der Waals surface area contributed by atoms with Crippen LogP contribution in [0.5, 0.6) is 0 Å². The summed E-state index contributed by atoms with van der Waals surface area (Å²) in [6.07, 6.45) is 1.89. The summed E-state index contributed by atoms with van der Waals surface area (Å²) in [4.78, 5) is 5.40. The van der Waals surface area contributed by atoms with E-state index in [2.05, 4.69) is 149 Å². The van der Waals surface area contributed by atoms with Crippen molar-refractivity contribution in [3.63, 3.8) is 0 Å². The molecule has 3 nitrogen and oxygen atoms in total. The maximum Gasteiger partial charge on any atom is 0.141 e. The number of rotatable bonds is 3. The van der Waals surface area contributed by atoms with Crippen molar-refractivity contribution in [2.45, 2.75) is 12.8 Å². The zero-order valence-corrected chi connectivity index (χ0v) is 23.0. The lowest BCUT2D eigenvalue weighted by Gasteiger charge is -2.16. The molecule has 6 aromatic carbocycles. The Morgan fingerprint density at radius 1 is 0.452 bits per heavy atom. The highest BCUT2D eigenvalue weighted by molar-refractivity contribution is 6.13. The van der Waals surface area contributed by atoms with Gasteiger partial charge in [0.05, 0.1) is 22.3 Å². The molecule has 2 aromatic heterocycles. The molecule has 0 atom stereocenters. The third kappa shape index (κ3) is 3.44. The van der Waals surface area contributed by atoms with Gasteiger partial charge in [-0.1, -0.05) is 97.1 Å². The molecule has 0 aliphatic carbocycles. The van der Waals surface area contributed by atoms with Crippen LogP contribution in [0.1, 0.15) is 17.5 Å². The highest BCUT2D eigenvalue weighted by Crippen LogP contribution is 2.40. The summed E-state index contributed by atoms with van der Waals surface area (Å²) in [5.41, 5.74) is 9.62. The molecule has 3 heterocycles. The van der Waals surface area contributed by atoms with E-state index in [0.717, 1.165) is 30.1 Å². The molecular weight excluding hydrogens is 510 g/mol. The van der Waals surface area contributed by atoms with E-state index >= 15 is 0 Å². The monoisotopic (exact) mass is 537 g/mol. The smallest absolute Gasteiger partial charge is 0.141 e. The Hall–Kier alpha value is -5.41. The fraction of sp³-hybridized carbons (Fsp3) is 0.0513. The number of aromatic nitrogens is 2. The van der Waals surface area contributed by atoms with Gasteiger partial charge in [-0.15, -0.1) is 0 Å². The topological polar surface area (TPSA) is 22.2 Å². The van der Waals surface area contributed by atoms with E-state index in [9.17, 15) is 0 Å². The minimum atomic E-state index is 0.914. The minimum Gasteiger partial charge on any atom is -0.309 e. The molecule has 0 fully saturated rings. The van der Waals surface area contributed by atoms with E-state index in [1.807, 2.05) is 0 Å². The van der Waals surface area contributed by atoms with Crippen molar-refractivity contribution in [3.05, 3.63) is 151 Å². The van der Waals surface area contributed by atoms with Gasteiger partial charge in [0.1, 0.15) is 5.82 Å². The van der Waals surface area contributed by atoms with Crippen LogP contribution in [-0.2, 0) is 6.42 Å². The normalized spacial score (nSPS) is 13.2. The summed E-state index contributed by atoms with van der Waals surface area (Å²) in [7, 11) is 0. The molecular formula is C39H27N3. The van der Waals surface area contributed by atoms with Gasteiger partial charge in [0.2, 0.25) is 0 Å². The van der Waals surface area contributed by atoms with Crippen molar-refractivity contribution in [2.75, 3.05) is 0 Å². The summed E-state index contributed by atoms with van der Waals surface area (Å²) in [5, 5.41) is 6.33. The number of aliphatic imine (C=N–C) groups is 1. The van der Waals surface area contributed by atoms with E-state index in [1.165, 1.54) is 60.3 Å². The van der Waals surface area contributed by atoms with Crippen LogP contribution in [0, 0.1) is 0 Å². The lowest BCUT2D eigenvalue weighted by atomic mass is 9.97. The number of benzene rings is 6. The molecule has 0 saturated heterocycles. The van der Waals surface area contributed by atoms with Crippen LogP contribution in [0.15, 0.2) is 145 Å². The highest BCUT2D eigenvalue weighted by atomic mass is 15.1. The maximum atomic E-state index is 5.40. The standard InChI is InChI=1S/C39H27N3/c1-2-12-29(13-3-1)42-37-17-9-7-15-32(37)34-22-23-35(40-39(34)42)28-19-21-33-31-14-6-8-16-36(31)41(38(33)25-28)30-20-18-26-10-4-5-11-27(26)24-30/h1-21,24-25H,22-23H2. The second kappa shape index (κ2) is 9.05. The molecule has 198 valence electrons. The van der Waals surface area contributed by atoms with Crippen molar-refractivity contribution < 1.29 is 0 Å². The van der Waals surface area contributed by atoms with Crippen LogP contribution < -0.4 is 0 Å². The minimum absolute atomic E-state index is 0.914. The van der Waals surface area contributed by atoms with Gasteiger partial charge in [0.25, 0.3) is 0 Å². The summed E-state index contributed by atoms with van der Waals surface area (Å²) >= 11 is 0. The fourth-order valence-electron chi connectivity index (χ4n) is 6.88. The summed E-state index contributed by atoms with van der Waals surface area (Å²) in [5.74, 6) is 1.05. The summed E-state index contributed by atoms with van der Waals surface area (Å²) in [6.45, 7) is 0. The van der Waals surface area contributed by atoms with Crippen LogP contribution in [0.2, 0.25) is 0 Å². The molecule has 0 unspecified atom stereocenters. The van der Waals surface area contributed by atoms with Gasteiger partial charge in [-0.2, -0.15) is 0 Å². The van der Waals surface area contributed by atoms with E-state index < -0.39 is 0 Å². The average molecular weight is 538 g/mol. The fourth-order valence-corrected chi connectivity index (χ4v) is 6.88. The molecule has 0 radical (unpaired) electrons. The molecule has 3 heteroatoms. The maximum absolute atomic E-state index is 5.40. The first-order chi connectivity index (χ1) is 20.8. The molecule has 1 aliphatic rings. The molecule has 42 heavy (non-hydrogen) atoms. The third-order valence-corrected chi connectivity index (χ3v) is 8.82. The van der Waals surface area contributed by atoms with Gasteiger partial charge in [0, 0.05) is 33.1 Å². The quantitative estimate of drug-likeness (QED) is 0.214. The Kier molecular flexibility index (Phi) is 5.02. The highest BCUT2D eigenvalue weighted by Gasteiger charge is 2.23. The van der Waals surface area contributed by atoms with Crippen molar-refractivity contribution >= 4 is 55.0 Å².